The van der Waals surface area contributed by atoms with Crippen molar-refractivity contribution in [3.8, 4) is 11.4 Å². The van der Waals surface area contributed by atoms with Crippen LogP contribution in [0.3, 0.4) is 0 Å². The Balaban J connectivity index is 1.80. The summed E-state index contributed by atoms with van der Waals surface area (Å²) in [5, 5.41) is 3.87. The zero-order valence-electron chi connectivity index (χ0n) is 11.6. The van der Waals surface area contributed by atoms with E-state index in [-0.39, 0.29) is 0 Å². The number of nitrogens with one attached hydrogen (secondary N) is 1. The SMILES string of the molecule is CC1(CNc2cc(Cl)nc(-c3ccccc3)n2)CCC1. The molecule has 0 radical (unpaired) electrons. The van der Waals surface area contributed by atoms with Crippen LogP contribution in [0.1, 0.15) is 26.2 Å². The van der Waals surface area contributed by atoms with Crippen LogP contribution in [0, 0.1) is 5.41 Å². The molecule has 1 aliphatic carbocycles. The van der Waals surface area contributed by atoms with Gasteiger partial charge in [-0.05, 0) is 18.3 Å². The lowest BCUT2D eigenvalue weighted by Crippen LogP contribution is -2.33. The van der Waals surface area contributed by atoms with Gasteiger partial charge in [-0.2, -0.15) is 0 Å². The second-order valence-corrected chi connectivity index (χ2v) is 6.17. The number of rotatable bonds is 4. The normalized spacial score (nSPS) is 16.5. The van der Waals surface area contributed by atoms with Crippen LogP contribution in [0.2, 0.25) is 5.15 Å². The molecule has 1 aliphatic rings. The molecule has 20 heavy (non-hydrogen) atoms. The van der Waals surface area contributed by atoms with Crippen LogP contribution < -0.4 is 5.32 Å². The molecule has 104 valence electrons. The largest absolute Gasteiger partial charge is 0.369 e. The molecule has 0 atom stereocenters. The Hall–Kier alpha value is -1.61. The van der Waals surface area contributed by atoms with Gasteiger partial charge in [-0.15, -0.1) is 0 Å². The van der Waals surface area contributed by atoms with E-state index in [4.69, 9.17) is 11.6 Å². The van der Waals surface area contributed by atoms with E-state index in [1.54, 1.807) is 6.07 Å². The van der Waals surface area contributed by atoms with Gasteiger partial charge in [0.2, 0.25) is 0 Å². The monoisotopic (exact) mass is 287 g/mol. The molecule has 0 amide bonds. The summed E-state index contributed by atoms with van der Waals surface area (Å²) in [5.74, 6) is 1.47. The molecule has 3 rings (SSSR count). The fraction of sp³-hybridized carbons (Fsp3) is 0.375. The average molecular weight is 288 g/mol. The van der Waals surface area contributed by atoms with Crippen LogP contribution in [-0.2, 0) is 0 Å². The van der Waals surface area contributed by atoms with Crippen LogP contribution >= 0.6 is 11.6 Å². The molecule has 0 aliphatic heterocycles. The summed E-state index contributed by atoms with van der Waals surface area (Å²) >= 11 is 6.11. The predicted octanol–water partition coefficient (Wildman–Crippen LogP) is 4.40. The van der Waals surface area contributed by atoms with E-state index >= 15 is 0 Å². The van der Waals surface area contributed by atoms with Crippen molar-refractivity contribution in [2.75, 3.05) is 11.9 Å². The highest BCUT2D eigenvalue weighted by Crippen LogP contribution is 2.40. The second kappa shape index (κ2) is 5.41. The number of halogens is 1. The predicted molar refractivity (Wildman–Crippen MR) is 82.9 cm³/mol. The first-order valence-electron chi connectivity index (χ1n) is 6.99. The Kier molecular flexibility index (Phi) is 3.62. The molecule has 3 nitrogen and oxygen atoms in total. The molecule has 1 heterocycles. The topological polar surface area (TPSA) is 37.8 Å². The fourth-order valence-electron chi connectivity index (χ4n) is 2.49. The highest BCUT2D eigenvalue weighted by atomic mass is 35.5. The Morgan fingerprint density at radius 2 is 1.95 bits per heavy atom. The minimum absolute atomic E-state index is 0.407. The highest BCUT2D eigenvalue weighted by Gasteiger charge is 2.31. The first-order chi connectivity index (χ1) is 9.65. The fourth-order valence-corrected chi connectivity index (χ4v) is 2.67. The van der Waals surface area contributed by atoms with Crippen molar-refractivity contribution in [3.05, 3.63) is 41.6 Å². The van der Waals surface area contributed by atoms with E-state index in [9.17, 15) is 0 Å². The maximum atomic E-state index is 6.11. The molecule has 4 heteroatoms. The average Bonchev–Trinajstić information content (AvgIpc) is 2.43. The maximum absolute atomic E-state index is 6.11. The zero-order chi connectivity index (χ0) is 14.0. The lowest BCUT2D eigenvalue weighted by atomic mass is 9.70. The summed E-state index contributed by atoms with van der Waals surface area (Å²) in [4.78, 5) is 8.86. The summed E-state index contributed by atoms with van der Waals surface area (Å²) < 4.78 is 0. The number of hydrogen-bond donors (Lipinski definition) is 1. The molecule has 1 aromatic carbocycles. The van der Waals surface area contributed by atoms with E-state index in [0.717, 1.165) is 17.9 Å². The lowest BCUT2D eigenvalue weighted by molar-refractivity contribution is 0.180. The molecule has 0 spiro atoms. The van der Waals surface area contributed by atoms with E-state index in [2.05, 4.69) is 22.2 Å². The van der Waals surface area contributed by atoms with Crippen LogP contribution in [-0.4, -0.2) is 16.5 Å². The smallest absolute Gasteiger partial charge is 0.163 e. The van der Waals surface area contributed by atoms with Gasteiger partial charge in [-0.3, -0.25) is 0 Å². The molecule has 0 unspecified atom stereocenters. The molecular weight excluding hydrogens is 270 g/mol. The van der Waals surface area contributed by atoms with Gasteiger partial charge in [0.25, 0.3) is 0 Å². The summed E-state index contributed by atoms with van der Waals surface area (Å²) in [6, 6.07) is 11.7. The quantitative estimate of drug-likeness (QED) is 0.847. The molecule has 1 aromatic heterocycles. The molecule has 1 N–H and O–H groups in total. The van der Waals surface area contributed by atoms with Gasteiger partial charge < -0.3 is 5.32 Å². The Bertz CT molecular complexity index is 594. The Morgan fingerprint density at radius 1 is 1.20 bits per heavy atom. The first kappa shape index (κ1) is 13.4. The van der Waals surface area contributed by atoms with E-state index in [1.165, 1.54) is 19.3 Å². The van der Waals surface area contributed by atoms with Crippen LogP contribution in [0.4, 0.5) is 5.82 Å². The van der Waals surface area contributed by atoms with Crippen molar-refractivity contribution in [2.45, 2.75) is 26.2 Å². The first-order valence-corrected chi connectivity index (χ1v) is 7.36. The number of nitrogens with zero attached hydrogens (tertiary/aromatic N) is 2. The Labute approximate surface area is 124 Å². The molecule has 0 saturated heterocycles. The standard InChI is InChI=1S/C16H18ClN3/c1-16(8-5-9-16)11-18-14-10-13(17)19-15(20-14)12-6-3-2-4-7-12/h2-4,6-7,10H,5,8-9,11H2,1H3,(H,18,19,20). The van der Waals surface area contributed by atoms with Gasteiger partial charge in [-0.1, -0.05) is 55.3 Å². The summed E-state index contributed by atoms with van der Waals surface area (Å²) in [7, 11) is 0. The second-order valence-electron chi connectivity index (χ2n) is 5.78. The summed E-state index contributed by atoms with van der Waals surface area (Å²) in [6.45, 7) is 3.25. The Morgan fingerprint density at radius 3 is 2.60 bits per heavy atom. The zero-order valence-corrected chi connectivity index (χ0v) is 12.3. The minimum Gasteiger partial charge on any atom is -0.369 e. The van der Waals surface area contributed by atoms with E-state index < -0.39 is 0 Å². The minimum atomic E-state index is 0.407. The van der Waals surface area contributed by atoms with Crippen molar-refractivity contribution in [3.63, 3.8) is 0 Å². The van der Waals surface area contributed by atoms with Crippen LogP contribution in [0.5, 0.6) is 0 Å². The summed E-state index contributed by atoms with van der Waals surface area (Å²) in [5.41, 5.74) is 1.39. The number of anilines is 1. The van der Waals surface area contributed by atoms with Gasteiger partial charge >= 0.3 is 0 Å². The van der Waals surface area contributed by atoms with Crippen LogP contribution in [0.25, 0.3) is 11.4 Å². The molecule has 1 fully saturated rings. The van der Waals surface area contributed by atoms with Gasteiger partial charge in [0.1, 0.15) is 11.0 Å². The number of benzene rings is 1. The molecular formula is C16H18ClN3. The highest BCUT2D eigenvalue weighted by molar-refractivity contribution is 6.29. The van der Waals surface area contributed by atoms with Crippen molar-refractivity contribution in [2.24, 2.45) is 5.41 Å². The van der Waals surface area contributed by atoms with Gasteiger partial charge in [-0.25, -0.2) is 9.97 Å². The molecule has 0 bridgehead atoms. The number of aromatic nitrogens is 2. The van der Waals surface area contributed by atoms with Crippen LogP contribution in [0.15, 0.2) is 36.4 Å². The molecule has 1 saturated carbocycles. The third-order valence-electron chi connectivity index (χ3n) is 3.98. The molecule has 2 aromatic rings. The van der Waals surface area contributed by atoms with Crippen molar-refractivity contribution < 1.29 is 0 Å². The van der Waals surface area contributed by atoms with Gasteiger partial charge in [0, 0.05) is 18.2 Å². The van der Waals surface area contributed by atoms with E-state index in [1.807, 2.05) is 30.3 Å². The summed E-state index contributed by atoms with van der Waals surface area (Å²) in [6.07, 6.45) is 3.90. The number of hydrogen-bond acceptors (Lipinski definition) is 3. The van der Waals surface area contributed by atoms with Gasteiger partial charge in [0.05, 0.1) is 0 Å². The third kappa shape index (κ3) is 2.93. The third-order valence-corrected chi connectivity index (χ3v) is 4.18. The van der Waals surface area contributed by atoms with Crippen molar-refractivity contribution in [1.82, 2.24) is 9.97 Å². The maximum Gasteiger partial charge on any atom is 0.163 e. The van der Waals surface area contributed by atoms with E-state index in [0.29, 0.717) is 16.4 Å². The lowest BCUT2D eigenvalue weighted by Gasteiger charge is -2.38. The van der Waals surface area contributed by atoms with Crippen molar-refractivity contribution in [1.29, 1.82) is 0 Å². The van der Waals surface area contributed by atoms with Gasteiger partial charge in [0.15, 0.2) is 5.82 Å². The van der Waals surface area contributed by atoms with Crippen molar-refractivity contribution >= 4 is 17.4 Å².